The Balaban J connectivity index is 2.63. The summed E-state index contributed by atoms with van der Waals surface area (Å²) in [6, 6.07) is 0.146. The van der Waals surface area contributed by atoms with E-state index >= 15 is 0 Å². The standard InChI is InChI=1S/C8H11NO/c1-4-8-9-7(5-10-8)6(2)3/h4,7H,1-2,5H2,3H3. The van der Waals surface area contributed by atoms with Gasteiger partial charge in [0, 0.05) is 0 Å². The zero-order valence-corrected chi connectivity index (χ0v) is 6.13. The Morgan fingerprint density at radius 2 is 2.60 bits per heavy atom. The molecule has 0 saturated heterocycles. The molecule has 0 amide bonds. The highest BCUT2D eigenvalue weighted by atomic mass is 16.5. The lowest BCUT2D eigenvalue weighted by molar-refractivity contribution is 0.330. The molecule has 0 saturated carbocycles. The second-order valence-corrected chi connectivity index (χ2v) is 2.34. The van der Waals surface area contributed by atoms with Crippen molar-refractivity contribution in [1.29, 1.82) is 0 Å². The molecule has 0 bridgehead atoms. The summed E-state index contributed by atoms with van der Waals surface area (Å²) in [5, 5.41) is 0. The van der Waals surface area contributed by atoms with E-state index in [9.17, 15) is 0 Å². The Labute approximate surface area is 60.9 Å². The average molecular weight is 137 g/mol. The minimum atomic E-state index is 0.146. The fourth-order valence-electron chi connectivity index (χ4n) is 0.757. The quantitative estimate of drug-likeness (QED) is 0.529. The van der Waals surface area contributed by atoms with E-state index in [1.54, 1.807) is 6.08 Å². The summed E-state index contributed by atoms with van der Waals surface area (Å²) in [6.45, 7) is 9.91. The summed E-state index contributed by atoms with van der Waals surface area (Å²) in [7, 11) is 0. The van der Waals surface area contributed by atoms with E-state index in [2.05, 4.69) is 18.2 Å². The molecule has 0 aliphatic carbocycles. The van der Waals surface area contributed by atoms with Crippen LogP contribution in [-0.2, 0) is 4.74 Å². The SMILES string of the molecule is C=CC1=NC(C(=C)C)CO1. The lowest BCUT2D eigenvalue weighted by atomic mass is 10.2. The van der Waals surface area contributed by atoms with Crippen molar-refractivity contribution in [2.75, 3.05) is 6.61 Å². The van der Waals surface area contributed by atoms with Gasteiger partial charge in [-0.2, -0.15) is 0 Å². The number of rotatable bonds is 2. The Morgan fingerprint density at radius 1 is 1.90 bits per heavy atom. The maximum atomic E-state index is 5.15. The monoisotopic (exact) mass is 137 g/mol. The summed E-state index contributed by atoms with van der Waals surface area (Å²) in [5.41, 5.74) is 1.04. The number of ether oxygens (including phenoxy) is 1. The van der Waals surface area contributed by atoms with Gasteiger partial charge in [-0.1, -0.05) is 18.7 Å². The van der Waals surface area contributed by atoms with Gasteiger partial charge in [-0.15, -0.1) is 0 Å². The molecule has 1 unspecified atom stereocenters. The molecule has 1 aliphatic heterocycles. The molecule has 10 heavy (non-hydrogen) atoms. The Kier molecular flexibility index (Phi) is 1.90. The normalized spacial score (nSPS) is 23.3. The van der Waals surface area contributed by atoms with E-state index in [0.29, 0.717) is 12.5 Å². The van der Waals surface area contributed by atoms with Crippen LogP contribution in [0, 0.1) is 0 Å². The first-order chi connectivity index (χ1) is 4.74. The molecule has 0 aromatic rings. The topological polar surface area (TPSA) is 21.6 Å². The molecule has 0 fully saturated rings. The first-order valence-corrected chi connectivity index (χ1v) is 3.22. The first-order valence-electron chi connectivity index (χ1n) is 3.22. The first kappa shape index (κ1) is 7.06. The smallest absolute Gasteiger partial charge is 0.208 e. The van der Waals surface area contributed by atoms with Crippen molar-refractivity contribution in [1.82, 2.24) is 0 Å². The molecular formula is C8H11NO. The van der Waals surface area contributed by atoms with Gasteiger partial charge in [-0.05, 0) is 13.0 Å². The second kappa shape index (κ2) is 2.69. The highest BCUT2D eigenvalue weighted by Crippen LogP contribution is 2.11. The minimum absolute atomic E-state index is 0.146. The number of aliphatic imine (C=N–C) groups is 1. The third-order valence-electron chi connectivity index (χ3n) is 1.42. The van der Waals surface area contributed by atoms with E-state index in [0.717, 1.165) is 5.57 Å². The van der Waals surface area contributed by atoms with E-state index in [4.69, 9.17) is 4.74 Å². The number of hydrogen-bond acceptors (Lipinski definition) is 2. The fraction of sp³-hybridized carbons (Fsp3) is 0.375. The van der Waals surface area contributed by atoms with Crippen molar-refractivity contribution < 1.29 is 4.74 Å². The van der Waals surface area contributed by atoms with Crippen molar-refractivity contribution in [3.63, 3.8) is 0 Å². The predicted molar refractivity (Wildman–Crippen MR) is 42.2 cm³/mol. The molecule has 0 radical (unpaired) electrons. The van der Waals surface area contributed by atoms with E-state index in [1.807, 2.05) is 6.92 Å². The van der Waals surface area contributed by atoms with Crippen LogP contribution >= 0.6 is 0 Å². The molecule has 54 valence electrons. The second-order valence-electron chi connectivity index (χ2n) is 2.34. The molecular weight excluding hydrogens is 126 g/mol. The lowest BCUT2D eigenvalue weighted by Gasteiger charge is -2.00. The van der Waals surface area contributed by atoms with Gasteiger partial charge in [0.25, 0.3) is 0 Å². The summed E-state index contributed by atoms with van der Waals surface area (Å²) in [5.74, 6) is 0.632. The maximum absolute atomic E-state index is 5.15. The predicted octanol–water partition coefficient (Wildman–Crippen LogP) is 1.55. The van der Waals surface area contributed by atoms with E-state index < -0.39 is 0 Å². The Hall–Kier alpha value is -1.05. The fourth-order valence-corrected chi connectivity index (χ4v) is 0.757. The van der Waals surface area contributed by atoms with Crippen LogP contribution in [0.2, 0.25) is 0 Å². The molecule has 0 spiro atoms. The molecule has 2 nitrogen and oxygen atoms in total. The molecule has 0 N–H and O–H groups in total. The highest BCUT2D eigenvalue weighted by Gasteiger charge is 2.16. The zero-order chi connectivity index (χ0) is 7.56. The summed E-state index contributed by atoms with van der Waals surface area (Å²) >= 11 is 0. The van der Waals surface area contributed by atoms with Gasteiger partial charge in [0.1, 0.15) is 12.6 Å². The van der Waals surface area contributed by atoms with Crippen molar-refractivity contribution in [2.24, 2.45) is 4.99 Å². The summed E-state index contributed by atoms with van der Waals surface area (Å²) in [6.07, 6.45) is 1.61. The van der Waals surface area contributed by atoms with E-state index in [1.165, 1.54) is 0 Å². The third kappa shape index (κ3) is 1.26. The van der Waals surface area contributed by atoms with Crippen LogP contribution < -0.4 is 0 Å². The van der Waals surface area contributed by atoms with E-state index in [-0.39, 0.29) is 6.04 Å². The lowest BCUT2D eigenvalue weighted by Crippen LogP contribution is -2.05. The molecule has 1 heterocycles. The summed E-state index contributed by atoms with van der Waals surface area (Å²) < 4.78 is 5.15. The van der Waals surface area contributed by atoms with Crippen molar-refractivity contribution in [3.8, 4) is 0 Å². The maximum Gasteiger partial charge on any atom is 0.208 e. The Morgan fingerprint density at radius 3 is 2.90 bits per heavy atom. The van der Waals surface area contributed by atoms with Gasteiger partial charge >= 0.3 is 0 Å². The minimum Gasteiger partial charge on any atom is -0.475 e. The van der Waals surface area contributed by atoms with Crippen LogP contribution in [0.1, 0.15) is 6.92 Å². The molecule has 2 heteroatoms. The van der Waals surface area contributed by atoms with Crippen molar-refractivity contribution >= 4 is 5.90 Å². The Bertz CT molecular complexity index is 193. The van der Waals surface area contributed by atoms with Crippen LogP contribution in [0.5, 0.6) is 0 Å². The van der Waals surface area contributed by atoms with Gasteiger partial charge in [0.05, 0.1) is 0 Å². The third-order valence-corrected chi connectivity index (χ3v) is 1.42. The van der Waals surface area contributed by atoms with Crippen LogP contribution in [0.15, 0.2) is 29.8 Å². The number of hydrogen-bond donors (Lipinski definition) is 0. The van der Waals surface area contributed by atoms with Crippen molar-refractivity contribution in [3.05, 3.63) is 24.8 Å². The highest BCUT2D eigenvalue weighted by molar-refractivity contribution is 5.88. The molecule has 1 atom stereocenters. The van der Waals surface area contributed by atoms with Crippen molar-refractivity contribution in [2.45, 2.75) is 13.0 Å². The van der Waals surface area contributed by atoms with Gasteiger partial charge in [0.2, 0.25) is 5.90 Å². The van der Waals surface area contributed by atoms with Crippen LogP contribution in [-0.4, -0.2) is 18.5 Å². The summed E-state index contributed by atoms with van der Waals surface area (Å²) in [4.78, 5) is 4.18. The molecule has 1 rings (SSSR count). The van der Waals surface area contributed by atoms with Gasteiger partial charge in [-0.25, -0.2) is 4.99 Å². The molecule has 0 aromatic carbocycles. The zero-order valence-electron chi connectivity index (χ0n) is 6.13. The largest absolute Gasteiger partial charge is 0.475 e. The van der Waals surface area contributed by atoms with Crippen LogP contribution in [0.25, 0.3) is 0 Å². The van der Waals surface area contributed by atoms with Gasteiger partial charge in [-0.3, -0.25) is 0 Å². The number of nitrogens with zero attached hydrogens (tertiary/aromatic N) is 1. The average Bonchev–Trinajstić information content (AvgIpc) is 2.34. The molecule has 0 aromatic heterocycles. The van der Waals surface area contributed by atoms with Gasteiger partial charge < -0.3 is 4.74 Å². The van der Waals surface area contributed by atoms with Crippen LogP contribution in [0.3, 0.4) is 0 Å². The van der Waals surface area contributed by atoms with Crippen LogP contribution in [0.4, 0.5) is 0 Å². The molecule has 1 aliphatic rings. The van der Waals surface area contributed by atoms with Gasteiger partial charge in [0.15, 0.2) is 0 Å².